The van der Waals surface area contributed by atoms with Crippen molar-refractivity contribution in [2.24, 2.45) is 5.73 Å². The molecule has 4 N–H and O–H groups in total. The van der Waals surface area contributed by atoms with Gasteiger partial charge in [0.1, 0.15) is 6.04 Å². The highest BCUT2D eigenvalue weighted by molar-refractivity contribution is 5.85. The van der Waals surface area contributed by atoms with Gasteiger partial charge in [-0.15, -0.1) is 22.6 Å². The molecule has 8 heteroatoms. The molecular formula is C26H26ClN3O4. The summed E-state index contributed by atoms with van der Waals surface area (Å²) in [5.74, 6) is -0.394. The van der Waals surface area contributed by atoms with Gasteiger partial charge in [0.25, 0.3) is 0 Å². The van der Waals surface area contributed by atoms with Crippen molar-refractivity contribution in [2.45, 2.75) is 31.9 Å². The van der Waals surface area contributed by atoms with Crippen LogP contribution in [-0.2, 0) is 11.2 Å². The molecule has 4 rings (SSSR count). The van der Waals surface area contributed by atoms with E-state index in [4.69, 9.17) is 15.3 Å². The highest BCUT2D eigenvalue weighted by Gasteiger charge is 2.21. The van der Waals surface area contributed by atoms with Crippen LogP contribution in [0.25, 0.3) is 34.0 Å². The van der Waals surface area contributed by atoms with E-state index in [2.05, 4.69) is 28.4 Å². The number of benzene rings is 3. The summed E-state index contributed by atoms with van der Waals surface area (Å²) >= 11 is 0. The average Bonchev–Trinajstić information content (AvgIpc) is 3.33. The Kier molecular flexibility index (Phi) is 8.17. The van der Waals surface area contributed by atoms with Crippen LogP contribution in [0, 0.1) is 6.92 Å². The van der Waals surface area contributed by atoms with Crippen molar-refractivity contribution in [1.29, 1.82) is 0 Å². The second-order valence-electron chi connectivity index (χ2n) is 7.93. The van der Waals surface area contributed by atoms with E-state index >= 15 is 0 Å². The van der Waals surface area contributed by atoms with Crippen molar-refractivity contribution in [3.05, 3.63) is 83.9 Å². The summed E-state index contributed by atoms with van der Waals surface area (Å²) in [7, 11) is 0. The maximum atomic E-state index is 10.9. The number of nitrogens with zero attached hydrogens (tertiary/aromatic N) is 2. The molecule has 1 heterocycles. The molecule has 0 radical (unpaired) electrons. The number of hydrogen-bond acceptors (Lipinski definition) is 6. The molecule has 0 fully saturated rings. The third kappa shape index (κ3) is 5.51. The molecule has 0 bridgehead atoms. The molecule has 34 heavy (non-hydrogen) atoms. The number of carbonyl (C=O) groups is 1. The Morgan fingerprint density at radius 1 is 0.941 bits per heavy atom. The molecule has 0 amide bonds. The number of nitrogens with two attached hydrogens (primary N) is 1. The number of hydrogen-bond donors (Lipinski definition) is 3. The van der Waals surface area contributed by atoms with E-state index in [1.807, 2.05) is 61.5 Å². The lowest BCUT2D eigenvalue weighted by Gasteiger charge is -2.14. The topological polar surface area (TPSA) is 122 Å². The van der Waals surface area contributed by atoms with Gasteiger partial charge in [-0.1, -0.05) is 54.6 Å². The zero-order valence-electron chi connectivity index (χ0n) is 18.6. The Labute approximate surface area is 203 Å². The number of aliphatic carboxylic acids is 1. The first-order valence-corrected chi connectivity index (χ1v) is 10.7. The molecule has 7 nitrogen and oxygen atoms in total. The Hall–Kier alpha value is -3.52. The number of halogens is 1. The maximum absolute atomic E-state index is 10.9. The largest absolute Gasteiger partial charge is 0.480 e. The molecular weight excluding hydrogens is 454 g/mol. The normalized spacial score (nSPS) is 12.6. The van der Waals surface area contributed by atoms with Gasteiger partial charge >= 0.3 is 5.97 Å². The second-order valence-corrected chi connectivity index (χ2v) is 7.93. The standard InChI is InChI=1S/C26H25N3O4.ClH/c1-16-20(18-8-3-2-4-9-18)11-6-12-21(16)25-29-28-24(33-25)19-10-5-7-17(15-19)13-14-22(30)23(27)26(31)32;/h2-12,15,22-23,30H,13-14,27H2,1H3,(H,31,32);1H/t22-,23+;/m1./s1. The Morgan fingerprint density at radius 3 is 2.32 bits per heavy atom. The van der Waals surface area contributed by atoms with Crippen molar-refractivity contribution in [3.8, 4) is 34.0 Å². The van der Waals surface area contributed by atoms with Crippen molar-refractivity contribution < 1.29 is 19.4 Å². The molecule has 0 unspecified atom stereocenters. The van der Waals surface area contributed by atoms with E-state index in [9.17, 15) is 9.90 Å². The molecule has 0 spiro atoms. The minimum absolute atomic E-state index is 0. The molecule has 2 atom stereocenters. The predicted octanol–water partition coefficient (Wildman–Crippen LogP) is 4.51. The molecule has 1 aromatic heterocycles. The molecule has 3 aromatic carbocycles. The summed E-state index contributed by atoms with van der Waals surface area (Å²) in [5.41, 5.74) is 11.3. The molecule has 176 valence electrons. The quantitative estimate of drug-likeness (QED) is 0.340. The minimum atomic E-state index is -1.30. The highest BCUT2D eigenvalue weighted by Crippen LogP contribution is 2.32. The van der Waals surface area contributed by atoms with E-state index in [0.29, 0.717) is 18.2 Å². The van der Waals surface area contributed by atoms with Crippen LogP contribution < -0.4 is 5.73 Å². The monoisotopic (exact) mass is 479 g/mol. The van der Waals surface area contributed by atoms with Gasteiger partial charge < -0.3 is 20.4 Å². The summed E-state index contributed by atoms with van der Waals surface area (Å²) in [6, 6.07) is 22.4. The number of aromatic nitrogens is 2. The van der Waals surface area contributed by atoms with Crippen LogP contribution in [0.2, 0.25) is 0 Å². The highest BCUT2D eigenvalue weighted by atomic mass is 35.5. The number of aliphatic hydroxyl groups excluding tert-OH is 1. The van der Waals surface area contributed by atoms with Crippen LogP contribution in [0.15, 0.2) is 77.2 Å². The lowest BCUT2D eigenvalue weighted by molar-refractivity contribution is -0.141. The van der Waals surface area contributed by atoms with E-state index < -0.39 is 18.1 Å². The second kappa shape index (κ2) is 11.1. The van der Waals surface area contributed by atoms with Gasteiger partial charge in [-0.3, -0.25) is 4.79 Å². The molecule has 0 saturated heterocycles. The van der Waals surface area contributed by atoms with Gasteiger partial charge in [0, 0.05) is 11.1 Å². The molecule has 0 saturated carbocycles. The Bertz CT molecular complexity index is 1260. The number of carboxylic acids is 1. The summed E-state index contributed by atoms with van der Waals surface area (Å²) < 4.78 is 6.01. The summed E-state index contributed by atoms with van der Waals surface area (Å²) in [5, 5.41) is 27.4. The first-order chi connectivity index (χ1) is 15.9. The summed E-state index contributed by atoms with van der Waals surface area (Å²) in [6.07, 6.45) is -0.423. The number of rotatable bonds is 8. The predicted molar refractivity (Wildman–Crippen MR) is 133 cm³/mol. The lowest BCUT2D eigenvalue weighted by atomic mass is 9.96. The molecule has 0 aliphatic carbocycles. The fraction of sp³-hybridized carbons (Fsp3) is 0.192. The third-order valence-electron chi connectivity index (χ3n) is 5.68. The maximum Gasteiger partial charge on any atom is 0.323 e. The lowest BCUT2D eigenvalue weighted by Crippen LogP contribution is -2.41. The number of carboxylic acid groups (broad SMARTS) is 1. The first-order valence-electron chi connectivity index (χ1n) is 10.7. The van der Waals surface area contributed by atoms with Crippen molar-refractivity contribution in [3.63, 3.8) is 0 Å². The molecule has 0 aliphatic heterocycles. The minimum Gasteiger partial charge on any atom is -0.480 e. The van der Waals surface area contributed by atoms with E-state index in [1.165, 1.54) is 0 Å². The third-order valence-corrected chi connectivity index (χ3v) is 5.68. The first kappa shape index (κ1) is 25.1. The summed E-state index contributed by atoms with van der Waals surface area (Å²) in [4.78, 5) is 10.9. The Balaban J connectivity index is 0.00000324. The molecule has 4 aromatic rings. The van der Waals surface area contributed by atoms with Crippen LogP contribution in [0.1, 0.15) is 17.5 Å². The number of aryl methyl sites for hydroxylation is 1. The van der Waals surface area contributed by atoms with Crippen LogP contribution in [0.4, 0.5) is 0 Å². The zero-order chi connectivity index (χ0) is 23.4. The smallest absolute Gasteiger partial charge is 0.323 e. The van der Waals surface area contributed by atoms with Crippen molar-refractivity contribution in [1.82, 2.24) is 10.2 Å². The van der Waals surface area contributed by atoms with Crippen LogP contribution in [0.3, 0.4) is 0 Å². The van der Waals surface area contributed by atoms with Gasteiger partial charge in [0.15, 0.2) is 0 Å². The van der Waals surface area contributed by atoms with Crippen molar-refractivity contribution >= 4 is 18.4 Å². The van der Waals surface area contributed by atoms with Gasteiger partial charge in [0.05, 0.1) is 6.10 Å². The van der Waals surface area contributed by atoms with E-state index in [0.717, 1.165) is 33.4 Å². The van der Waals surface area contributed by atoms with Gasteiger partial charge in [-0.25, -0.2) is 0 Å². The van der Waals surface area contributed by atoms with Gasteiger partial charge in [0.2, 0.25) is 11.8 Å². The Morgan fingerprint density at radius 2 is 1.59 bits per heavy atom. The average molecular weight is 480 g/mol. The van der Waals surface area contributed by atoms with Crippen LogP contribution in [-0.4, -0.2) is 38.5 Å². The number of aliphatic hydroxyl groups is 1. The molecule has 0 aliphatic rings. The van der Waals surface area contributed by atoms with Crippen LogP contribution >= 0.6 is 12.4 Å². The van der Waals surface area contributed by atoms with Gasteiger partial charge in [-0.2, -0.15) is 0 Å². The SMILES string of the molecule is Cc1c(-c2ccccc2)cccc1-c1nnc(-c2cccc(CC[C@@H](O)[C@H](N)C(=O)O)c2)o1.Cl. The van der Waals surface area contributed by atoms with Gasteiger partial charge in [-0.05, 0) is 60.2 Å². The van der Waals surface area contributed by atoms with Crippen molar-refractivity contribution in [2.75, 3.05) is 0 Å². The van der Waals surface area contributed by atoms with E-state index in [1.54, 1.807) is 0 Å². The zero-order valence-corrected chi connectivity index (χ0v) is 19.4. The van der Waals surface area contributed by atoms with Crippen LogP contribution in [0.5, 0.6) is 0 Å². The fourth-order valence-electron chi connectivity index (χ4n) is 3.77. The summed E-state index contributed by atoms with van der Waals surface area (Å²) in [6.45, 7) is 2.04. The van der Waals surface area contributed by atoms with E-state index in [-0.39, 0.29) is 18.8 Å². The fourth-order valence-corrected chi connectivity index (χ4v) is 3.77.